The number of nitrogens with one attached hydrogen (secondary N) is 1. The number of carboxylic acids is 1. The van der Waals surface area contributed by atoms with Gasteiger partial charge < -0.3 is 15.3 Å². The Balaban J connectivity index is 2.28. The fourth-order valence-electron chi connectivity index (χ4n) is 1.72. The van der Waals surface area contributed by atoms with Crippen LogP contribution in [0.25, 0.3) is 0 Å². The molecule has 0 aromatic heterocycles. The zero-order chi connectivity index (χ0) is 14.9. The number of anilines is 1. The predicted octanol–water partition coefficient (Wildman–Crippen LogP) is 2.64. The second kappa shape index (κ2) is 5.03. The summed E-state index contributed by atoms with van der Waals surface area (Å²) in [4.78, 5) is 24.1. The molecular formula is C12H11F3N2O3. The molecule has 2 rings (SSSR count). The van der Waals surface area contributed by atoms with Crippen molar-refractivity contribution in [3.05, 3.63) is 29.3 Å². The zero-order valence-electron chi connectivity index (χ0n) is 10.2. The van der Waals surface area contributed by atoms with Crippen LogP contribution in [0.4, 0.5) is 23.7 Å². The quantitative estimate of drug-likeness (QED) is 0.879. The Labute approximate surface area is 112 Å². The zero-order valence-corrected chi connectivity index (χ0v) is 10.2. The molecule has 1 fully saturated rings. The molecule has 0 radical (unpaired) electrons. The maximum absolute atomic E-state index is 12.5. The molecule has 0 bridgehead atoms. The number of urea groups is 1. The monoisotopic (exact) mass is 288 g/mol. The van der Waals surface area contributed by atoms with Crippen LogP contribution in [0.1, 0.15) is 22.3 Å². The molecule has 1 aromatic carbocycles. The summed E-state index contributed by atoms with van der Waals surface area (Å²) in [7, 11) is 0. The van der Waals surface area contributed by atoms with Gasteiger partial charge in [0.25, 0.3) is 0 Å². The second-order valence-corrected chi connectivity index (χ2v) is 4.33. The Morgan fingerprint density at radius 1 is 1.25 bits per heavy atom. The van der Waals surface area contributed by atoms with Crippen LogP contribution in [-0.4, -0.2) is 35.1 Å². The highest BCUT2D eigenvalue weighted by atomic mass is 19.4. The lowest BCUT2D eigenvalue weighted by molar-refractivity contribution is -0.137. The topological polar surface area (TPSA) is 69.6 Å². The van der Waals surface area contributed by atoms with Crippen LogP contribution in [0.15, 0.2) is 18.2 Å². The van der Waals surface area contributed by atoms with Gasteiger partial charge in [-0.3, -0.25) is 0 Å². The number of aromatic carboxylic acids is 1. The van der Waals surface area contributed by atoms with E-state index in [4.69, 9.17) is 5.11 Å². The largest absolute Gasteiger partial charge is 0.478 e. The van der Waals surface area contributed by atoms with E-state index in [1.807, 2.05) is 0 Å². The van der Waals surface area contributed by atoms with Crippen molar-refractivity contribution in [1.29, 1.82) is 0 Å². The standard InChI is InChI=1S/C12H11F3N2O3/c13-12(14,15)7-2-3-9(8(6-7)10(18)19)16-11(20)17-4-1-5-17/h2-3,6H,1,4-5H2,(H,16,20)(H,18,19). The van der Waals surface area contributed by atoms with Crippen LogP contribution in [0.5, 0.6) is 0 Å². The van der Waals surface area contributed by atoms with Gasteiger partial charge in [0.2, 0.25) is 0 Å². The van der Waals surface area contributed by atoms with E-state index in [9.17, 15) is 22.8 Å². The molecule has 5 nitrogen and oxygen atoms in total. The van der Waals surface area contributed by atoms with Crippen LogP contribution >= 0.6 is 0 Å². The number of hydrogen-bond acceptors (Lipinski definition) is 2. The Kier molecular flexibility index (Phi) is 3.56. The van der Waals surface area contributed by atoms with E-state index >= 15 is 0 Å². The van der Waals surface area contributed by atoms with Gasteiger partial charge in [-0.15, -0.1) is 0 Å². The highest BCUT2D eigenvalue weighted by Gasteiger charge is 2.32. The van der Waals surface area contributed by atoms with Crippen molar-refractivity contribution in [3.8, 4) is 0 Å². The average Bonchev–Trinajstić information content (AvgIpc) is 2.24. The van der Waals surface area contributed by atoms with Crippen LogP contribution < -0.4 is 5.32 Å². The third kappa shape index (κ3) is 2.84. The summed E-state index contributed by atoms with van der Waals surface area (Å²) in [5, 5.41) is 11.3. The number of rotatable bonds is 2. The van der Waals surface area contributed by atoms with E-state index < -0.39 is 29.3 Å². The van der Waals surface area contributed by atoms with Gasteiger partial charge >= 0.3 is 18.2 Å². The maximum atomic E-state index is 12.5. The summed E-state index contributed by atoms with van der Waals surface area (Å²) in [5.41, 5.74) is -1.81. The van der Waals surface area contributed by atoms with E-state index in [-0.39, 0.29) is 5.69 Å². The minimum absolute atomic E-state index is 0.151. The Hall–Kier alpha value is -2.25. The summed E-state index contributed by atoms with van der Waals surface area (Å²) in [6.45, 7) is 1.10. The van der Waals surface area contributed by atoms with Crippen molar-refractivity contribution in [2.24, 2.45) is 0 Å². The molecule has 2 amide bonds. The Morgan fingerprint density at radius 3 is 2.35 bits per heavy atom. The number of alkyl halides is 3. The third-order valence-electron chi connectivity index (χ3n) is 2.96. The van der Waals surface area contributed by atoms with Crippen molar-refractivity contribution in [1.82, 2.24) is 4.90 Å². The van der Waals surface area contributed by atoms with Gasteiger partial charge in [0.1, 0.15) is 0 Å². The van der Waals surface area contributed by atoms with Crippen molar-refractivity contribution in [2.45, 2.75) is 12.6 Å². The number of benzene rings is 1. The molecule has 1 aromatic rings. The van der Waals surface area contributed by atoms with Crippen LogP contribution in [0.3, 0.4) is 0 Å². The number of carboxylic acid groups (broad SMARTS) is 1. The Bertz CT molecular complexity index is 553. The summed E-state index contributed by atoms with van der Waals surface area (Å²) >= 11 is 0. The molecule has 2 N–H and O–H groups in total. The SMILES string of the molecule is O=C(O)c1cc(C(F)(F)F)ccc1NC(=O)N1CCC1. The maximum Gasteiger partial charge on any atom is 0.416 e. The summed E-state index contributed by atoms with van der Waals surface area (Å²) < 4.78 is 37.6. The van der Waals surface area contributed by atoms with Gasteiger partial charge in [-0.25, -0.2) is 9.59 Å². The molecule has 0 saturated carbocycles. The highest BCUT2D eigenvalue weighted by Crippen LogP contribution is 2.32. The van der Waals surface area contributed by atoms with Crippen molar-refractivity contribution < 1.29 is 27.9 Å². The van der Waals surface area contributed by atoms with Crippen molar-refractivity contribution in [2.75, 3.05) is 18.4 Å². The number of likely N-dealkylation sites (tertiary alicyclic amines) is 1. The van der Waals surface area contributed by atoms with E-state index in [2.05, 4.69) is 5.32 Å². The highest BCUT2D eigenvalue weighted by molar-refractivity contribution is 6.00. The van der Waals surface area contributed by atoms with Gasteiger partial charge in [0, 0.05) is 13.1 Å². The normalized spacial score (nSPS) is 14.7. The van der Waals surface area contributed by atoms with Crippen LogP contribution in [-0.2, 0) is 6.18 Å². The van der Waals surface area contributed by atoms with E-state index in [1.165, 1.54) is 4.90 Å². The van der Waals surface area contributed by atoms with Crippen LogP contribution in [0, 0.1) is 0 Å². The lowest BCUT2D eigenvalue weighted by atomic mass is 10.1. The first-order valence-electron chi connectivity index (χ1n) is 5.79. The van der Waals surface area contributed by atoms with Crippen molar-refractivity contribution in [3.63, 3.8) is 0 Å². The molecule has 0 atom stereocenters. The molecule has 0 aliphatic carbocycles. The molecule has 0 unspecified atom stereocenters. The first-order chi connectivity index (χ1) is 9.29. The summed E-state index contributed by atoms with van der Waals surface area (Å²) in [6.07, 6.45) is -3.78. The fraction of sp³-hybridized carbons (Fsp3) is 0.333. The van der Waals surface area contributed by atoms with Gasteiger partial charge in [-0.2, -0.15) is 13.2 Å². The molecule has 8 heteroatoms. The second-order valence-electron chi connectivity index (χ2n) is 4.33. The molecule has 1 saturated heterocycles. The molecule has 1 heterocycles. The van der Waals surface area contributed by atoms with E-state index in [1.54, 1.807) is 0 Å². The van der Waals surface area contributed by atoms with Gasteiger partial charge in [-0.1, -0.05) is 0 Å². The van der Waals surface area contributed by atoms with Crippen molar-refractivity contribution >= 4 is 17.7 Å². The number of nitrogens with zero attached hydrogens (tertiary/aromatic N) is 1. The third-order valence-corrected chi connectivity index (χ3v) is 2.96. The lowest BCUT2D eigenvalue weighted by Crippen LogP contribution is -2.44. The predicted molar refractivity (Wildman–Crippen MR) is 63.6 cm³/mol. The smallest absolute Gasteiger partial charge is 0.416 e. The summed E-state index contributed by atoms with van der Waals surface area (Å²) in [5.74, 6) is -1.53. The number of amides is 2. The fourth-order valence-corrected chi connectivity index (χ4v) is 1.72. The first kappa shape index (κ1) is 14.2. The average molecular weight is 288 g/mol. The molecule has 108 valence electrons. The number of halogens is 3. The first-order valence-corrected chi connectivity index (χ1v) is 5.79. The van der Waals surface area contributed by atoms with E-state index in [0.29, 0.717) is 19.2 Å². The molecule has 0 spiro atoms. The molecule has 1 aliphatic heterocycles. The molecule has 20 heavy (non-hydrogen) atoms. The molecular weight excluding hydrogens is 277 g/mol. The summed E-state index contributed by atoms with van der Waals surface area (Å²) in [6, 6.07) is 1.68. The van der Waals surface area contributed by atoms with Gasteiger partial charge in [0.15, 0.2) is 0 Å². The van der Waals surface area contributed by atoms with E-state index in [0.717, 1.165) is 18.6 Å². The number of carbonyl (C=O) groups excluding carboxylic acids is 1. The van der Waals surface area contributed by atoms with Gasteiger partial charge in [-0.05, 0) is 24.6 Å². The number of carbonyl (C=O) groups is 2. The Morgan fingerprint density at radius 2 is 1.90 bits per heavy atom. The van der Waals surface area contributed by atoms with Crippen LogP contribution in [0.2, 0.25) is 0 Å². The lowest BCUT2D eigenvalue weighted by Gasteiger charge is -2.31. The molecule has 1 aliphatic rings. The minimum Gasteiger partial charge on any atom is -0.478 e. The number of hydrogen-bond donors (Lipinski definition) is 2. The minimum atomic E-state index is -4.63. The van der Waals surface area contributed by atoms with Gasteiger partial charge in [0.05, 0.1) is 16.8 Å².